The summed E-state index contributed by atoms with van der Waals surface area (Å²) >= 11 is 0. The number of rotatable bonds is 4. The molecule has 4 rings (SSSR count). The molecule has 7 heteroatoms. The Kier molecular flexibility index (Phi) is 5.57. The number of nitrogens with zero attached hydrogens (tertiary/aromatic N) is 2. The molecule has 0 aliphatic rings. The number of carbonyl (C=O) groups excluding carboxylic acids is 2. The molecule has 3 N–H and O–H groups in total. The maximum absolute atomic E-state index is 12.6. The molecule has 0 saturated heterocycles. The van der Waals surface area contributed by atoms with Crippen molar-refractivity contribution in [2.45, 2.75) is 13.8 Å². The quantitative estimate of drug-likeness (QED) is 0.433. The van der Waals surface area contributed by atoms with Gasteiger partial charge < -0.3 is 16.0 Å². The van der Waals surface area contributed by atoms with Gasteiger partial charge in [-0.15, -0.1) is 0 Å². The highest BCUT2D eigenvalue weighted by molar-refractivity contribution is 6.06. The van der Waals surface area contributed by atoms with Gasteiger partial charge in [0.15, 0.2) is 0 Å². The highest BCUT2D eigenvalue weighted by atomic mass is 16.2. The number of urea groups is 1. The maximum Gasteiger partial charge on any atom is 0.323 e. The predicted molar refractivity (Wildman–Crippen MR) is 122 cm³/mol. The van der Waals surface area contributed by atoms with Crippen LogP contribution in [-0.4, -0.2) is 21.9 Å². The third kappa shape index (κ3) is 4.84. The number of benzene rings is 3. The van der Waals surface area contributed by atoms with Crippen LogP contribution in [0.1, 0.15) is 21.7 Å². The molecule has 3 amide bonds. The molecule has 0 atom stereocenters. The minimum Gasteiger partial charge on any atom is -0.322 e. The molecule has 7 nitrogen and oxygen atoms in total. The Bertz CT molecular complexity index is 1250. The second-order valence-corrected chi connectivity index (χ2v) is 7.07. The Hall–Kier alpha value is -4.26. The monoisotopic (exact) mass is 411 g/mol. The number of carbonyl (C=O) groups is 2. The second kappa shape index (κ2) is 8.62. The Morgan fingerprint density at radius 1 is 0.645 bits per heavy atom. The molecule has 0 aliphatic carbocycles. The van der Waals surface area contributed by atoms with E-state index >= 15 is 0 Å². The zero-order valence-electron chi connectivity index (χ0n) is 17.1. The van der Waals surface area contributed by atoms with Crippen molar-refractivity contribution in [3.8, 4) is 0 Å². The molecule has 0 radical (unpaired) electrons. The van der Waals surface area contributed by atoms with Gasteiger partial charge in [-0.1, -0.05) is 18.2 Å². The average Bonchev–Trinajstić information content (AvgIpc) is 2.76. The number of hydrogen-bond acceptors (Lipinski definition) is 4. The molecule has 1 aromatic heterocycles. The highest BCUT2D eigenvalue weighted by Crippen LogP contribution is 2.18. The molecule has 0 spiro atoms. The molecular weight excluding hydrogens is 390 g/mol. The number of aryl methyl sites for hydroxylation is 2. The Labute approximate surface area is 179 Å². The van der Waals surface area contributed by atoms with E-state index in [-0.39, 0.29) is 11.9 Å². The lowest BCUT2D eigenvalue weighted by molar-refractivity contribution is 0.102. The molecule has 3 aromatic carbocycles. The van der Waals surface area contributed by atoms with E-state index in [2.05, 4.69) is 25.9 Å². The Morgan fingerprint density at radius 2 is 1.19 bits per heavy atom. The first kappa shape index (κ1) is 20.0. The van der Waals surface area contributed by atoms with Crippen LogP contribution in [0.2, 0.25) is 0 Å². The van der Waals surface area contributed by atoms with Gasteiger partial charge in [0.05, 0.1) is 22.4 Å². The lowest BCUT2D eigenvalue weighted by Crippen LogP contribution is -2.19. The van der Waals surface area contributed by atoms with Crippen molar-refractivity contribution in [3.63, 3.8) is 0 Å². The van der Waals surface area contributed by atoms with Crippen LogP contribution in [0.15, 0.2) is 72.8 Å². The molecule has 154 valence electrons. The molecule has 31 heavy (non-hydrogen) atoms. The highest BCUT2D eigenvalue weighted by Gasteiger charge is 2.10. The van der Waals surface area contributed by atoms with E-state index < -0.39 is 0 Å². The van der Waals surface area contributed by atoms with Crippen LogP contribution >= 0.6 is 0 Å². The summed E-state index contributed by atoms with van der Waals surface area (Å²) in [4.78, 5) is 33.7. The van der Waals surface area contributed by atoms with E-state index in [1.807, 2.05) is 32.0 Å². The smallest absolute Gasteiger partial charge is 0.322 e. The molecule has 0 unspecified atom stereocenters. The number of para-hydroxylation sites is 1. The lowest BCUT2D eigenvalue weighted by atomic mass is 10.1. The number of anilines is 3. The normalized spacial score (nSPS) is 10.5. The molecule has 0 saturated carbocycles. The van der Waals surface area contributed by atoms with E-state index in [9.17, 15) is 9.59 Å². The third-order valence-electron chi connectivity index (χ3n) is 4.77. The minimum absolute atomic E-state index is 0.246. The van der Waals surface area contributed by atoms with Crippen molar-refractivity contribution in [3.05, 3.63) is 89.7 Å². The van der Waals surface area contributed by atoms with Crippen LogP contribution in [0.3, 0.4) is 0 Å². The first-order chi connectivity index (χ1) is 15.0. The number of amides is 3. The van der Waals surface area contributed by atoms with Crippen molar-refractivity contribution < 1.29 is 9.59 Å². The summed E-state index contributed by atoms with van der Waals surface area (Å²) in [7, 11) is 0. The van der Waals surface area contributed by atoms with Crippen molar-refractivity contribution in [1.82, 2.24) is 9.97 Å². The molecular formula is C24H21N5O2. The van der Waals surface area contributed by atoms with Gasteiger partial charge in [-0.05, 0) is 68.4 Å². The van der Waals surface area contributed by atoms with Crippen molar-refractivity contribution in [2.24, 2.45) is 0 Å². The van der Waals surface area contributed by atoms with Gasteiger partial charge in [-0.3, -0.25) is 4.79 Å². The third-order valence-corrected chi connectivity index (χ3v) is 4.77. The lowest BCUT2D eigenvalue weighted by Gasteiger charge is -2.10. The van der Waals surface area contributed by atoms with E-state index in [0.29, 0.717) is 28.1 Å². The predicted octanol–water partition coefficient (Wildman–Crippen LogP) is 5.14. The van der Waals surface area contributed by atoms with Gasteiger partial charge in [-0.2, -0.15) is 0 Å². The van der Waals surface area contributed by atoms with Gasteiger partial charge >= 0.3 is 6.03 Å². The van der Waals surface area contributed by atoms with E-state index in [4.69, 9.17) is 0 Å². The SMILES string of the molecule is Cc1nc2ccc(C(=O)Nc3ccc(NC(=O)Nc4ccccc4)cc3)cc2nc1C. The second-order valence-electron chi connectivity index (χ2n) is 7.07. The Balaban J connectivity index is 1.40. The summed E-state index contributed by atoms with van der Waals surface area (Å²) in [5, 5.41) is 8.36. The van der Waals surface area contributed by atoms with Gasteiger partial charge in [0.1, 0.15) is 0 Å². The largest absolute Gasteiger partial charge is 0.323 e. The van der Waals surface area contributed by atoms with Gasteiger partial charge in [-0.25, -0.2) is 14.8 Å². The summed E-state index contributed by atoms with van der Waals surface area (Å²) in [6.07, 6.45) is 0. The van der Waals surface area contributed by atoms with Gasteiger partial charge in [0, 0.05) is 22.6 Å². The van der Waals surface area contributed by atoms with Crippen LogP contribution in [-0.2, 0) is 0 Å². The number of nitrogens with one attached hydrogen (secondary N) is 3. The molecule has 1 heterocycles. The Morgan fingerprint density at radius 3 is 1.84 bits per heavy atom. The van der Waals surface area contributed by atoms with Crippen LogP contribution in [0, 0.1) is 13.8 Å². The molecule has 4 aromatic rings. The topological polar surface area (TPSA) is 96.0 Å². The standard InChI is InChI=1S/C24H21N5O2/c1-15-16(2)26-22-14-17(8-13-21(22)25-15)23(30)27-19-9-11-20(12-10-19)29-24(31)28-18-6-4-3-5-7-18/h3-14H,1-2H3,(H,27,30)(H2,28,29,31). The average molecular weight is 411 g/mol. The van der Waals surface area contributed by atoms with Crippen LogP contribution in [0.4, 0.5) is 21.9 Å². The summed E-state index contributed by atoms with van der Waals surface area (Å²) < 4.78 is 0. The summed E-state index contributed by atoms with van der Waals surface area (Å²) in [6.45, 7) is 3.80. The fourth-order valence-corrected chi connectivity index (χ4v) is 3.03. The van der Waals surface area contributed by atoms with Crippen molar-refractivity contribution >= 4 is 40.0 Å². The molecule has 0 aliphatic heterocycles. The van der Waals surface area contributed by atoms with E-state index in [1.165, 1.54) is 0 Å². The van der Waals surface area contributed by atoms with Crippen LogP contribution in [0.25, 0.3) is 11.0 Å². The number of fused-ring (bicyclic) bond motifs is 1. The summed E-state index contributed by atoms with van der Waals surface area (Å²) in [5.41, 5.74) is 5.57. The fraction of sp³-hybridized carbons (Fsp3) is 0.0833. The minimum atomic E-state index is -0.342. The zero-order valence-corrected chi connectivity index (χ0v) is 17.1. The van der Waals surface area contributed by atoms with Crippen molar-refractivity contribution in [2.75, 3.05) is 16.0 Å². The molecule has 0 bridgehead atoms. The summed E-state index contributed by atoms with van der Waals surface area (Å²) in [5.74, 6) is -0.246. The van der Waals surface area contributed by atoms with Crippen molar-refractivity contribution in [1.29, 1.82) is 0 Å². The molecule has 0 fully saturated rings. The van der Waals surface area contributed by atoms with E-state index in [0.717, 1.165) is 16.9 Å². The van der Waals surface area contributed by atoms with E-state index in [1.54, 1.807) is 54.6 Å². The number of aromatic nitrogens is 2. The first-order valence-electron chi connectivity index (χ1n) is 9.77. The van der Waals surface area contributed by atoms with Gasteiger partial charge in [0.2, 0.25) is 0 Å². The van der Waals surface area contributed by atoms with Crippen LogP contribution in [0.5, 0.6) is 0 Å². The first-order valence-corrected chi connectivity index (χ1v) is 9.77. The number of hydrogen-bond donors (Lipinski definition) is 3. The summed E-state index contributed by atoms with van der Waals surface area (Å²) in [6, 6.07) is 21.0. The zero-order chi connectivity index (χ0) is 21.8. The maximum atomic E-state index is 12.6. The fourth-order valence-electron chi connectivity index (χ4n) is 3.03. The van der Waals surface area contributed by atoms with Gasteiger partial charge in [0.25, 0.3) is 5.91 Å². The van der Waals surface area contributed by atoms with Crippen LogP contribution < -0.4 is 16.0 Å².